The zero-order valence-corrected chi connectivity index (χ0v) is 14.8. The van der Waals surface area contributed by atoms with E-state index in [1.165, 1.54) is 6.08 Å². The summed E-state index contributed by atoms with van der Waals surface area (Å²) in [5.74, 6) is 2.51. The van der Waals surface area contributed by atoms with Crippen LogP contribution in [0.2, 0.25) is 5.02 Å². The van der Waals surface area contributed by atoms with Gasteiger partial charge in [0.2, 0.25) is 0 Å². The van der Waals surface area contributed by atoms with Crippen LogP contribution >= 0.6 is 11.6 Å². The van der Waals surface area contributed by atoms with E-state index in [2.05, 4.69) is 5.92 Å². The van der Waals surface area contributed by atoms with Crippen molar-refractivity contribution in [2.45, 2.75) is 6.92 Å². The van der Waals surface area contributed by atoms with E-state index in [0.29, 0.717) is 34.8 Å². The standard InChI is InChI=1S/C21H15ClO4/c1-3-9-26-21-17(22)11-13(12-18(21)25-4-2)10-16-19(23)14-7-5-6-8-15(14)20(16)24/h1,5-8,10-12H,4,9H2,2H3. The molecule has 0 atom stereocenters. The lowest BCUT2D eigenvalue weighted by molar-refractivity contribution is 0.0990. The van der Waals surface area contributed by atoms with Crippen molar-refractivity contribution in [2.24, 2.45) is 0 Å². The summed E-state index contributed by atoms with van der Waals surface area (Å²) in [6.45, 7) is 2.27. The average molecular weight is 367 g/mol. The van der Waals surface area contributed by atoms with Crippen LogP contribution in [-0.4, -0.2) is 24.8 Å². The number of allylic oxidation sites excluding steroid dienone is 1. The number of ether oxygens (including phenoxy) is 2. The molecule has 0 bridgehead atoms. The van der Waals surface area contributed by atoms with Gasteiger partial charge in [-0.25, -0.2) is 0 Å². The van der Waals surface area contributed by atoms with Gasteiger partial charge in [-0.1, -0.05) is 41.8 Å². The monoisotopic (exact) mass is 366 g/mol. The number of ketones is 2. The summed E-state index contributed by atoms with van der Waals surface area (Å²) in [6.07, 6.45) is 6.74. The highest BCUT2D eigenvalue weighted by Gasteiger charge is 2.32. The Morgan fingerprint density at radius 3 is 2.35 bits per heavy atom. The molecule has 3 rings (SSSR count). The molecule has 0 radical (unpaired) electrons. The van der Waals surface area contributed by atoms with Crippen molar-refractivity contribution in [3.8, 4) is 23.8 Å². The Balaban J connectivity index is 2.03. The number of halogens is 1. The van der Waals surface area contributed by atoms with E-state index in [-0.39, 0.29) is 28.8 Å². The lowest BCUT2D eigenvalue weighted by atomic mass is 10.1. The lowest BCUT2D eigenvalue weighted by Gasteiger charge is -2.13. The second-order valence-corrected chi connectivity index (χ2v) is 5.92. The number of hydrogen-bond acceptors (Lipinski definition) is 4. The first-order chi connectivity index (χ1) is 12.6. The maximum absolute atomic E-state index is 12.5. The molecule has 0 aromatic heterocycles. The summed E-state index contributed by atoms with van der Waals surface area (Å²) < 4.78 is 11.0. The smallest absolute Gasteiger partial charge is 0.197 e. The molecule has 26 heavy (non-hydrogen) atoms. The molecule has 0 saturated heterocycles. The van der Waals surface area contributed by atoms with E-state index in [4.69, 9.17) is 27.5 Å². The summed E-state index contributed by atoms with van der Waals surface area (Å²) >= 11 is 6.28. The molecular formula is C21H15ClO4. The molecular weight excluding hydrogens is 352 g/mol. The summed E-state index contributed by atoms with van der Waals surface area (Å²) in [5.41, 5.74) is 1.49. The van der Waals surface area contributed by atoms with Crippen molar-refractivity contribution in [1.29, 1.82) is 0 Å². The number of hydrogen-bond donors (Lipinski definition) is 0. The third kappa shape index (κ3) is 3.22. The first-order valence-corrected chi connectivity index (χ1v) is 8.37. The van der Waals surface area contributed by atoms with Crippen LogP contribution in [0.4, 0.5) is 0 Å². The second kappa shape index (κ2) is 7.47. The molecule has 0 heterocycles. The third-order valence-corrected chi connectivity index (χ3v) is 4.13. The fourth-order valence-corrected chi connectivity index (χ4v) is 3.03. The van der Waals surface area contributed by atoms with E-state index in [9.17, 15) is 9.59 Å². The summed E-state index contributed by atoms with van der Waals surface area (Å²) in [7, 11) is 0. The van der Waals surface area contributed by atoms with E-state index >= 15 is 0 Å². The highest BCUT2D eigenvalue weighted by Crippen LogP contribution is 2.38. The topological polar surface area (TPSA) is 52.6 Å². The Bertz CT molecular complexity index is 929. The fourth-order valence-electron chi connectivity index (χ4n) is 2.76. The van der Waals surface area contributed by atoms with Gasteiger partial charge in [-0.15, -0.1) is 6.42 Å². The number of Topliss-reactive ketones (excluding diaryl/α,β-unsaturated/α-hetero) is 2. The number of rotatable bonds is 5. The molecule has 0 spiro atoms. The van der Waals surface area contributed by atoms with Gasteiger partial charge in [-0.2, -0.15) is 0 Å². The zero-order chi connectivity index (χ0) is 18.7. The van der Waals surface area contributed by atoms with Gasteiger partial charge in [0.1, 0.15) is 6.61 Å². The highest BCUT2D eigenvalue weighted by molar-refractivity contribution is 6.41. The van der Waals surface area contributed by atoms with Crippen molar-refractivity contribution < 1.29 is 19.1 Å². The van der Waals surface area contributed by atoms with Crippen LogP contribution in [0.3, 0.4) is 0 Å². The minimum atomic E-state index is -0.299. The van der Waals surface area contributed by atoms with Crippen molar-refractivity contribution in [2.75, 3.05) is 13.2 Å². The van der Waals surface area contributed by atoms with Crippen molar-refractivity contribution in [3.05, 3.63) is 63.7 Å². The maximum Gasteiger partial charge on any atom is 0.197 e. The molecule has 0 saturated carbocycles. The molecule has 2 aromatic carbocycles. The minimum absolute atomic E-state index is 0.0481. The Labute approximate surface area is 156 Å². The highest BCUT2D eigenvalue weighted by atomic mass is 35.5. The Morgan fingerprint density at radius 1 is 1.12 bits per heavy atom. The molecule has 5 heteroatoms. The number of benzene rings is 2. The third-order valence-electron chi connectivity index (χ3n) is 3.85. The van der Waals surface area contributed by atoms with Crippen LogP contribution < -0.4 is 9.47 Å². The van der Waals surface area contributed by atoms with Crippen LogP contribution in [0.25, 0.3) is 6.08 Å². The Kier molecular flexibility index (Phi) is 5.11. The fraction of sp³-hybridized carbons (Fsp3) is 0.143. The number of carbonyl (C=O) groups is 2. The van der Waals surface area contributed by atoms with Crippen molar-refractivity contribution >= 4 is 29.2 Å². The molecule has 0 aliphatic heterocycles. The van der Waals surface area contributed by atoms with Crippen LogP contribution in [0.5, 0.6) is 11.5 Å². The van der Waals surface area contributed by atoms with E-state index in [1.807, 2.05) is 6.92 Å². The van der Waals surface area contributed by atoms with Crippen LogP contribution in [-0.2, 0) is 0 Å². The Morgan fingerprint density at radius 2 is 1.77 bits per heavy atom. The average Bonchev–Trinajstić information content (AvgIpc) is 2.87. The lowest BCUT2D eigenvalue weighted by Crippen LogP contribution is -2.02. The Hall–Kier alpha value is -3.03. The minimum Gasteiger partial charge on any atom is -0.490 e. The second-order valence-electron chi connectivity index (χ2n) is 5.52. The van der Waals surface area contributed by atoms with Gasteiger partial charge >= 0.3 is 0 Å². The molecule has 1 aliphatic rings. The van der Waals surface area contributed by atoms with Gasteiger partial charge in [0.05, 0.1) is 17.2 Å². The molecule has 0 unspecified atom stereocenters. The van der Waals surface area contributed by atoms with Crippen LogP contribution in [0, 0.1) is 12.3 Å². The normalized spacial score (nSPS) is 12.6. The molecule has 130 valence electrons. The van der Waals surface area contributed by atoms with Crippen LogP contribution in [0.15, 0.2) is 42.0 Å². The van der Waals surface area contributed by atoms with Crippen molar-refractivity contribution in [1.82, 2.24) is 0 Å². The molecule has 4 nitrogen and oxygen atoms in total. The largest absolute Gasteiger partial charge is 0.490 e. The summed E-state index contributed by atoms with van der Waals surface area (Å²) in [6, 6.07) is 10.0. The molecule has 2 aromatic rings. The van der Waals surface area contributed by atoms with Crippen molar-refractivity contribution in [3.63, 3.8) is 0 Å². The first kappa shape index (κ1) is 17.8. The van der Waals surface area contributed by atoms with E-state index in [0.717, 1.165) is 0 Å². The number of terminal acetylenes is 1. The maximum atomic E-state index is 12.5. The van der Waals surface area contributed by atoms with Gasteiger partial charge in [0, 0.05) is 11.1 Å². The summed E-state index contributed by atoms with van der Waals surface area (Å²) in [5, 5.41) is 0.286. The van der Waals surface area contributed by atoms with Crippen LogP contribution in [0.1, 0.15) is 33.2 Å². The first-order valence-electron chi connectivity index (χ1n) is 7.99. The van der Waals surface area contributed by atoms with Gasteiger partial charge < -0.3 is 9.47 Å². The predicted octanol–water partition coefficient (Wildman–Crippen LogP) is 4.21. The number of carbonyl (C=O) groups excluding carboxylic acids is 2. The van der Waals surface area contributed by atoms with Gasteiger partial charge in [0.15, 0.2) is 23.1 Å². The number of fused-ring (bicyclic) bond motifs is 1. The quantitative estimate of drug-likeness (QED) is 0.452. The van der Waals surface area contributed by atoms with Gasteiger partial charge in [-0.3, -0.25) is 9.59 Å². The van der Waals surface area contributed by atoms with Gasteiger partial charge in [-0.05, 0) is 30.7 Å². The zero-order valence-electron chi connectivity index (χ0n) is 14.0. The molecule has 1 aliphatic carbocycles. The SMILES string of the molecule is C#CCOc1c(Cl)cc(C=C2C(=O)c3ccccc3C2=O)cc1OCC. The molecule has 0 N–H and O–H groups in total. The summed E-state index contributed by atoms with van der Waals surface area (Å²) in [4.78, 5) is 25.0. The van der Waals surface area contributed by atoms with E-state index in [1.54, 1.807) is 36.4 Å². The van der Waals surface area contributed by atoms with E-state index < -0.39 is 0 Å². The molecule has 0 amide bonds. The predicted molar refractivity (Wildman–Crippen MR) is 100 cm³/mol. The molecule has 0 fully saturated rings. The van der Waals surface area contributed by atoms with Gasteiger partial charge in [0.25, 0.3) is 0 Å².